The quantitative estimate of drug-likeness (QED) is 0.183. The fourth-order valence-corrected chi connectivity index (χ4v) is 9.81. The van der Waals surface area contributed by atoms with Crippen molar-refractivity contribution in [3.63, 3.8) is 0 Å². The summed E-state index contributed by atoms with van der Waals surface area (Å²) < 4.78 is 77.9. The second-order valence-corrected chi connectivity index (χ2v) is 17.2. The summed E-state index contributed by atoms with van der Waals surface area (Å²) in [6.45, 7) is -10.6. The number of thioether (sulfide) groups is 1. The van der Waals surface area contributed by atoms with Crippen LogP contribution in [0.2, 0.25) is 0 Å². The Morgan fingerprint density at radius 1 is 1.04 bits per heavy atom. The maximum absolute atomic E-state index is 16.0. The van der Waals surface area contributed by atoms with Gasteiger partial charge < -0.3 is 35.0 Å². The van der Waals surface area contributed by atoms with Crippen LogP contribution in [0.15, 0.2) is 29.7 Å². The second-order valence-electron chi connectivity index (χ2n) is 10.3. The van der Waals surface area contributed by atoms with Gasteiger partial charge in [-0.2, -0.15) is 4.98 Å². The Kier molecular flexibility index (Phi) is 8.01. The van der Waals surface area contributed by atoms with Crippen molar-refractivity contribution in [2.24, 2.45) is 0 Å². The maximum Gasteiger partial charge on any atom is 0.325 e. The summed E-state index contributed by atoms with van der Waals surface area (Å²) in [5.74, 6) is -4.13. The summed E-state index contributed by atoms with van der Waals surface area (Å²) >= 11 is 10.8. The van der Waals surface area contributed by atoms with E-state index in [-0.39, 0.29) is 34.0 Å². The van der Waals surface area contributed by atoms with Crippen molar-refractivity contribution >= 4 is 82.8 Å². The van der Waals surface area contributed by atoms with E-state index in [4.69, 9.17) is 57.9 Å². The number of nitrogens with two attached hydrogens (primary N) is 2. The molecule has 248 valence electrons. The molecule has 4 aromatic heterocycles. The van der Waals surface area contributed by atoms with Crippen LogP contribution in [0.25, 0.3) is 22.3 Å². The molecule has 2 unspecified atom stereocenters. The number of anilines is 2. The molecule has 9 atom stereocenters. The van der Waals surface area contributed by atoms with Crippen molar-refractivity contribution in [3.8, 4) is 0 Å². The van der Waals surface area contributed by atoms with Crippen LogP contribution in [0.5, 0.6) is 0 Å². The highest BCUT2D eigenvalue weighted by Gasteiger charge is 2.62. The molecule has 3 fully saturated rings. The molecule has 0 radical (unpaired) electrons. The van der Waals surface area contributed by atoms with E-state index in [0.717, 1.165) is 10.9 Å². The molecule has 7 N–H and O–H groups in total. The number of aromatic amines is 1. The van der Waals surface area contributed by atoms with Crippen LogP contribution in [-0.4, -0.2) is 92.7 Å². The van der Waals surface area contributed by atoms with Crippen molar-refractivity contribution in [3.05, 3.63) is 35.3 Å². The van der Waals surface area contributed by atoms with E-state index in [1.165, 1.54) is 23.2 Å². The van der Waals surface area contributed by atoms with Gasteiger partial charge in [0.25, 0.3) is 11.5 Å². The normalized spacial score (nSPS) is 36.7. The molecular weight excluding hydrogens is 721 g/mol. The number of alkyl halides is 3. The molecule has 17 nitrogen and oxygen atoms in total. The minimum Gasteiger partial charge on any atom is -0.397 e. The summed E-state index contributed by atoms with van der Waals surface area (Å²) in [6.07, 6.45) is -5.14. The van der Waals surface area contributed by atoms with Gasteiger partial charge in [0.15, 0.2) is 35.3 Å². The van der Waals surface area contributed by atoms with Gasteiger partial charge in [-0.05, 0) is 29.7 Å². The molecule has 0 aliphatic carbocycles. The number of nitrogen functional groups attached to an aromatic ring is 2. The van der Waals surface area contributed by atoms with Crippen molar-refractivity contribution in [1.82, 2.24) is 34.1 Å². The third kappa shape index (κ3) is 5.55. The molecule has 3 saturated heterocycles. The summed E-state index contributed by atoms with van der Waals surface area (Å²) in [5.41, 5.74) is 11.2. The van der Waals surface area contributed by atoms with Crippen LogP contribution in [-0.2, 0) is 46.4 Å². The summed E-state index contributed by atoms with van der Waals surface area (Å²) in [6, 6.07) is 1.50. The first-order chi connectivity index (χ1) is 21.6. The Morgan fingerprint density at radius 3 is 2.52 bits per heavy atom. The molecule has 25 heteroatoms. The Bertz CT molecular complexity index is 2000. The van der Waals surface area contributed by atoms with E-state index in [1.54, 1.807) is 0 Å². The highest BCUT2D eigenvalue weighted by atomic mass is 32.5. The lowest BCUT2D eigenvalue weighted by Gasteiger charge is -2.29. The number of halogens is 3. The number of ether oxygens (including phenoxy) is 1. The fourth-order valence-electron chi connectivity index (χ4n) is 5.32. The van der Waals surface area contributed by atoms with E-state index in [9.17, 15) is 14.6 Å². The zero-order valence-corrected chi connectivity index (χ0v) is 26.9. The number of nitrogens with one attached hydrogen (secondary N) is 1. The average molecular weight is 744 g/mol. The highest BCUT2D eigenvalue weighted by molar-refractivity contribution is 8.07. The van der Waals surface area contributed by atoms with Gasteiger partial charge in [-0.1, -0.05) is 0 Å². The summed E-state index contributed by atoms with van der Waals surface area (Å²) in [5, 5.41) is -3.23. The van der Waals surface area contributed by atoms with E-state index in [2.05, 4.69) is 24.9 Å². The summed E-state index contributed by atoms with van der Waals surface area (Å²) in [7, 11) is 0. The van der Waals surface area contributed by atoms with Gasteiger partial charge in [0, 0.05) is 6.20 Å². The molecule has 3 aliphatic heterocycles. The zero-order valence-electron chi connectivity index (χ0n) is 22.7. The van der Waals surface area contributed by atoms with Crippen molar-refractivity contribution < 1.29 is 45.8 Å². The lowest BCUT2D eigenvalue weighted by molar-refractivity contribution is -0.103. The smallest absolute Gasteiger partial charge is 0.325 e. The maximum atomic E-state index is 16.0. The van der Waals surface area contributed by atoms with Crippen LogP contribution in [0.3, 0.4) is 0 Å². The zero-order chi connectivity index (χ0) is 32.8. The van der Waals surface area contributed by atoms with Crippen LogP contribution in [0.1, 0.15) is 11.6 Å². The number of aromatic nitrogens is 7. The Morgan fingerprint density at radius 2 is 1.74 bits per heavy atom. The van der Waals surface area contributed by atoms with Crippen molar-refractivity contribution in [1.29, 1.82) is 0 Å². The van der Waals surface area contributed by atoms with E-state index in [1.807, 2.05) is 0 Å². The Balaban J connectivity index is 1.23. The number of H-pyrrole nitrogens is 1. The van der Waals surface area contributed by atoms with Gasteiger partial charge in [0.1, 0.15) is 23.1 Å². The predicted octanol–water partition coefficient (Wildman–Crippen LogP) is 1.46. The SMILES string of the molecule is Nc1nc2c(ncn2[C@@H]2S[C@@H]3COP(O)(=S)O[C@H]4[C@H](F)[C@H](n5cnc6c(N)ccnc65)O[C@@H]4COP(O)(=S)O[C@@H]2C3(F)F)c(=O)[nH]1. The van der Waals surface area contributed by atoms with Gasteiger partial charge >= 0.3 is 13.4 Å². The molecule has 0 amide bonds. The minimum absolute atomic E-state index is 0.154. The molecule has 0 spiro atoms. The van der Waals surface area contributed by atoms with E-state index < -0.39 is 79.5 Å². The van der Waals surface area contributed by atoms with E-state index in [0.29, 0.717) is 11.8 Å². The molecule has 2 bridgehead atoms. The lowest BCUT2D eigenvalue weighted by atomic mass is 10.1. The largest absolute Gasteiger partial charge is 0.397 e. The van der Waals surface area contributed by atoms with Crippen molar-refractivity contribution in [2.45, 2.75) is 47.3 Å². The fraction of sp³-hybridized carbons (Fsp3) is 0.476. The first-order valence-corrected chi connectivity index (χ1v) is 19.2. The number of hydrogen-bond acceptors (Lipinski definition) is 15. The van der Waals surface area contributed by atoms with Gasteiger partial charge in [-0.15, -0.1) is 11.8 Å². The first-order valence-electron chi connectivity index (χ1n) is 13.1. The van der Waals surface area contributed by atoms with Crippen molar-refractivity contribution in [2.75, 3.05) is 24.7 Å². The number of rotatable bonds is 2. The van der Waals surface area contributed by atoms with Gasteiger partial charge in [0.2, 0.25) is 5.95 Å². The number of hydrogen-bond donors (Lipinski definition) is 5. The van der Waals surface area contributed by atoms with Crippen LogP contribution >= 0.6 is 25.2 Å². The van der Waals surface area contributed by atoms with Crippen LogP contribution in [0.4, 0.5) is 24.8 Å². The number of fused-ring (bicyclic) bond motifs is 5. The summed E-state index contributed by atoms with van der Waals surface area (Å²) in [4.78, 5) is 52.8. The Hall–Kier alpha value is -2.27. The van der Waals surface area contributed by atoms with Crippen LogP contribution < -0.4 is 17.0 Å². The topological polar surface area (TPSA) is 233 Å². The molecule has 0 saturated carbocycles. The lowest BCUT2D eigenvalue weighted by Crippen LogP contribution is -2.42. The van der Waals surface area contributed by atoms with Crippen LogP contribution in [0, 0.1) is 0 Å². The third-order valence-corrected chi connectivity index (χ3v) is 12.1. The average Bonchev–Trinajstić information content (AvgIpc) is 3.71. The standard InChI is InChI=1S/C21H22F3N9O8P2S3/c22-10-13-8(39-18(10)32-5-28-11-7(25)1-2-27-15(11)32)3-37-43(36,45)41-14-19(33-6-29-12-16(33)30-20(26)31-17(12)34)46-9(21(14,23)24)4-38-42(35,44)40-13/h1-2,5-6,8-10,13-14,18-19H,3-4H2,(H2,25,27)(H,35,44)(H,36,45)(H3,26,30,31,34)/t8-,9-,10+,13-,14+,18-,19-,42?,43?/m1/s1. The molecule has 3 aliphatic rings. The molecule has 0 aromatic carbocycles. The first kappa shape index (κ1) is 32.3. The molecule has 7 heterocycles. The second kappa shape index (κ2) is 11.4. The van der Waals surface area contributed by atoms with Gasteiger partial charge in [0.05, 0.1) is 36.8 Å². The predicted molar refractivity (Wildman–Crippen MR) is 163 cm³/mol. The third-order valence-electron chi connectivity index (χ3n) is 7.42. The number of imidazole rings is 2. The van der Waals surface area contributed by atoms with Gasteiger partial charge in [-0.25, -0.2) is 28.1 Å². The molecular formula is C21H22F3N9O8P2S3. The Labute approximate surface area is 269 Å². The molecule has 4 aromatic rings. The minimum atomic E-state index is -4.56. The molecule has 46 heavy (non-hydrogen) atoms. The monoisotopic (exact) mass is 743 g/mol. The molecule has 7 rings (SSSR count). The van der Waals surface area contributed by atoms with Gasteiger partial charge in [-0.3, -0.25) is 28.0 Å². The highest BCUT2D eigenvalue weighted by Crippen LogP contribution is 2.60. The number of pyridine rings is 1. The number of nitrogens with zero attached hydrogens (tertiary/aromatic N) is 6. The van der Waals surface area contributed by atoms with E-state index >= 15 is 13.2 Å².